The number of aromatic nitrogens is 1. The van der Waals surface area contributed by atoms with E-state index in [1.54, 1.807) is 0 Å². The molecule has 100 valence electrons. The van der Waals surface area contributed by atoms with E-state index in [4.69, 9.17) is 11.6 Å². The molecule has 1 aromatic carbocycles. The standard InChI is InChI=1S/C15H16ClNO2/c1-7(2)11-10-6-5-8(3)9(4)13(10)17-14(16)12(11)15(18)19/h5-7H,1-4H3,(H,18,19). The molecule has 0 atom stereocenters. The summed E-state index contributed by atoms with van der Waals surface area (Å²) in [6, 6.07) is 3.92. The van der Waals surface area contributed by atoms with E-state index in [1.807, 2.05) is 39.8 Å². The maximum Gasteiger partial charge on any atom is 0.339 e. The van der Waals surface area contributed by atoms with Crippen LogP contribution >= 0.6 is 11.6 Å². The van der Waals surface area contributed by atoms with Crippen LogP contribution < -0.4 is 0 Å². The molecule has 1 N–H and O–H groups in total. The lowest BCUT2D eigenvalue weighted by molar-refractivity contribution is 0.0695. The molecule has 0 aliphatic rings. The van der Waals surface area contributed by atoms with E-state index >= 15 is 0 Å². The third kappa shape index (κ3) is 2.19. The van der Waals surface area contributed by atoms with Crippen molar-refractivity contribution in [1.82, 2.24) is 4.98 Å². The van der Waals surface area contributed by atoms with Gasteiger partial charge in [-0.15, -0.1) is 0 Å². The van der Waals surface area contributed by atoms with Crippen LogP contribution in [0.5, 0.6) is 0 Å². The molecule has 2 rings (SSSR count). The van der Waals surface area contributed by atoms with Gasteiger partial charge in [0.05, 0.1) is 5.52 Å². The van der Waals surface area contributed by atoms with Crippen LogP contribution in [0.1, 0.15) is 46.8 Å². The monoisotopic (exact) mass is 277 g/mol. The first kappa shape index (κ1) is 13.8. The van der Waals surface area contributed by atoms with Crippen LogP contribution in [-0.2, 0) is 0 Å². The molecule has 0 unspecified atom stereocenters. The van der Waals surface area contributed by atoms with Crippen molar-refractivity contribution in [2.24, 2.45) is 0 Å². The summed E-state index contributed by atoms with van der Waals surface area (Å²) < 4.78 is 0. The molecule has 0 spiro atoms. The van der Waals surface area contributed by atoms with E-state index in [0.29, 0.717) is 0 Å². The van der Waals surface area contributed by atoms with Gasteiger partial charge in [-0.25, -0.2) is 9.78 Å². The van der Waals surface area contributed by atoms with Crippen molar-refractivity contribution in [3.8, 4) is 0 Å². The topological polar surface area (TPSA) is 50.2 Å². The highest BCUT2D eigenvalue weighted by Gasteiger charge is 2.22. The van der Waals surface area contributed by atoms with Gasteiger partial charge in [0.1, 0.15) is 10.7 Å². The summed E-state index contributed by atoms with van der Waals surface area (Å²) in [5.74, 6) is -0.961. The van der Waals surface area contributed by atoms with Gasteiger partial charge < -0.3 is 5.11 Å². The van der Waals surface area contributed by atoms with Crippen LogP contribution in [0.25, 0.3) is 10.9 Å². The Kier molecular flexibility index (Phi) is 3.50. The van der Waals surface area contributed by atoms with Gasteiger partial charge in [0, 0.05) is 5.39 Å². The fourth-order valence-electron chi connectivity index (χ4n) is 2.37. The number of carbonyl (C=O) groups is 1. The second-order valence-electron chi connectivity index (χ2n) is 5.05. The molecule has 0 amide bonds. The van der Waals surface area contributed by atoms with Gasteiger partial charge >= 0.3 is 5.97 Å². The molecule has 1 heterocycles. The number of hydrogen-bond donors (Lipinski definition) is 1. The van der Waals surface area contributed by atoms with Crippen LogP contribution in [0, 0.1) is 13.8 Å². The minimum atomic E-state index is -1.03. The smallest absolute Gasteiger partial charge is 0.339 e. The minimum absolute atomic E-state index is 0.0659. The molecule has 0 saturated heterocycles. The van der Waals surface area contributed by atoms with Crippen molar-refractivity contribution in [3.05, 3.63) is 39.5 Å². The lowest BCUT2D eigenvalue weighted by Crippen LogP contribution is -2.08. The van der Waals surface area contributed by atoms with E-state index < -0.39 is 5.97 Å². The van der Waals surface area contributed by atoms with E-state index in [-0.39, 0.29) is 16.6 Å². The summed E-state index contributed by atoms with van der Waals surface area (Å²) in [6.45, 7) is 7.91. The molecular weight excluding hydrogens is 262 g/mol. The fraction of sp³-hybridized carbons (Fsp3) is 0.333. The lowest BCUT2D eigenvalue weighted by atomic mass is 9.92. The molecule has 0 aliphatic carbocycles. The Morgan fingerprint density at radius 1 is 1.32 bits per heavy atom. The van der Waals surface area contributed by atoms with E-state index in [1.165, 1.54) is 0 Å². The minimum Gasteiger partial charge on any atom is -0.478 e. The molecule has 0 fully saturated rings. The Morgan fingerprint density at radius 2 is 1.95 bits per heavy atom. The van der Waals surface area contributed by atoms with Crippen molar-refractivity contribution in [2.45, 2.75) is 33.6 Å². The SMILES string of the molecule is Cc1ccc2c(C(C)C)c(C(=O)O)c(Cl)nc2c1C. The Morgan fingerprint density at radius 3 is 2.47 bits per heavy atom. The van der Waals surface area contributed by atoms with E-state index in [0.717, 1.165) is 27.6 Å². The molecule has 19 heavy (non-hydrogen) atoms. The number of hydrogen-bond acceptors (Lipinski definition) is 2. The predicted octanol–water partition coefficient (Wildman–Crippen LogP) is 4.33. The predicted molar refractivity (Wildman–Crippen MR) is 77.3 cm³/mol. The van der Waals surface area contributed by atoms with Gasteiger partial charge in [0.2, 0.25) is 0 Å². The van der Waals surface area contributed by atoms with Crippen molar-refractivity contribution in [3.63, 3.8) is 0 Å². The maximum absolute atomic E-state index is 11.4. The average Bonchev–Trinajstić information content (AvgIpc) is 2.32. The van der Waals surface area contributed by atoms with Crippen LogP contribution in [-0.4, -0.2) is 16.1 Å². The van der Waals surface area contributed by atoms with E-state index in [2.05, 4.69) is 4.98 Å². The van der Waals surface area contributed by atoms with Gasteiger partial charge in [-0.05, 0) is 36.5 Å². The molecule has 2 aromatic rings. The summed E-state index contributed by atoms with van der Waals surface area (Å²) in [4.78, 5) is 15.7. The number of rotatable bonds is 2. The van der Waals surface area contributed by atoms with E-state index in [9.17, 15) is 9.90 Å². The van der Waals surface area contributed by atoms with Gasteiger partial charge in [-0.1, -0.05) is 37.6 Å². The highest BCUT2D eigenvalue weighted by Crippen LogP contribution is 2.34. The molecule has 4 heteroatoms. The summed E-state index contributed by atoms with van der Waals surface area (Å²) in [5.41, 5.74) is 3.82. The zero-order chi connectivity index (χ0) is 14.3. The van der Waals surface area contributed by atoms with Gasteiger partial charge in [-0.2, -0.15) is 0 Å². The van der Waals surface area contributed by atoms with Gasteiger partial charge in [-0.3, -0.25) is 0 Å². The highest BCUT2D eigenvalue weighted by molar-refractivity contribution is 6.33. The van der Waals surface area contributed by atoms with Crippen molar-refractivity contribution in [2.75, 3.05) is 0 Å². The van der Waals surface area contributed by atoms with Gasteiger partial charge in [0.25, 0.3) is 0 Å². The van der Waals surface area contributed by atoms with Crippen molar-refractivity contribution >= 4 is 28.5 Å². The Balaban J connectivity index is 3.01. The largest absolute Gasteiger partial charge is 0.478 e. The number of aromatic carboxylic acids is 1. The Labute approximate surface area is 117 Å². The van der Waals surface area contributed by atoms with Crippen LogP contribution in [0.2, 0.25) is 5.15 Å². The summed E-state index contributed by atoms with van der Waals surface area (Å²) in [7, 11) is 0. The zero-order valence-electron chi connectivity index (χ0n) is 11.4. The van der Waals surface area contributed by atoms with Crippen molar-refractivity contribution < 1.29 is 9.90 Å². The number of halogens is 1. The summed E-state index contributed by atoms with van der Waals surface area (Å²) >= 11 is 6.08. The highest BCUT2D eigenvalue weighted by atomic mass is 35.5. The molecular formula is C15H16ClNO2. The third-order valence-electron chi connectivity index (χ3n) is 3.47. The Bertz CT molecular complexity index is 678. The van der Waals surface area contributed by atoms with Crippen molar-refractivity contribution in [1.29, 1.82) is 0 Å². The van der Waals surface area contributed by atoms with Crippen LogP contribution in [0.4, 0.5) is 0 Å². The average molecular weight is 278 g/mol. The second-order valence-corrected chi connectivity index (χ2v) is 5.41. The first-order valence-electron chi connectivity index (χ1n) is 6.17. The second kappa shape index (κ2) is 4.82. The first-order chi connectivity index (χ1) is 8.84. The normalized spacial score (nSPS) is 11.3. The number of benzene rings is 1. The summed E-state index contributed by atoms with van der Waals surface area (Å²) in [6.07, 6.45) is 0. The van der Waals surface area contributed by atoms with Crippen LogP contribution in [0.3, 0.4) is 0 Å². The zero-order valence-corrected chi connectivity index (χ0v) is 12.2. The number of nitrogens with zero attached hydrogens (tertiary/aromatic N) is 1. The molecule has 1 aromatic heterocycles. The summed E-state index contributed by atoms with van der Waals surface area (Å²) in [5, 5.41) is 10.3. The molecule has 0 bridgehead atoms. The molecule has 0 radical (unpaired) electrons. The first-order valence-corrected chi connectivity index (χ1v) is 6.55. The number of pyridine rings is 1. The maximum atomic E-state index is 11.4. The number of fused-ring (bicyclic) bond motifs is 1. The van der Waals surface area contributed by atoms with Gasteiger partial charge in [0.15, 0.2) is 0 Å². The van der Waals surface area contributed by atoms with Crippen LogP contribution in [0.15, 0.2) is 12.1 Å². The Hall–Kier alpha value is -1.61. The quantitative estimate of drug-likeness (QED) is 0.832. The number of aryl methyl sites for hydroxylation is 2. The number of carboxylic acids is 1. The molecule has 3 nitrogen and oxygen atoms in total. The third-order valence-corrected chi connectivity index (χ3v) is 3.74. The number of carboxylic acid groups (broad SMARTS) is 1. The fourth-order valence-corrected chi connectivity index (χ4v) is 2.63. The molecule has 0 aliphatic heterocycles. The lowest BCUT2D eigenvalue weighted by Gasteiger charge is -2.16. The molecule has 0 saturated carbocycles.